The molecule has 1 aromatic carbocycles. The van der Waals surface area contributed by atoms with E-state index in [4.69, 9.17) is 48.4 Å². The molecule has 488 valence electrons. The molecule has 23 nitrogen and oxygen atoms in total. The van der Waals surface area contributed by atoms with E-state index >= 15 is 0 Å². The van der Waals surface area contributed by atoms with Gasteiger partial charge in [0.1, 0.15) is 28.4 Å². The second-order valence-corrected chi connectivity index (χ2v) is 26.2. The Balaban J connectivity index is 1.83. The average Bonchev–Trinajstić information content (AvgIpc) is 2.66. The lowest BCUT2D eigenvalue weighted by atomic mass is 10.0. The second-order valence-electron chi connectivity index (χ2n) is 25.4. The number of nitrogens with zero attached hydrogens (tertiary/aromatic N) is 4. The fourth-order valence-electron chi connectivity index (χ4n) is 8.79. The number of aryl methyl sites for hydroxylation is 2. The minimum Gasteiger partial charge on any atom is -0.459 e. The number of Topliss-reactive ketones (excluding diaryl/α,β-unsaturated/α-hetero) is 1. The third-order valence-electron chi connectivity index (χ3n) is 12.7. The van der Waals surface area contributed by atoms with Gasteiger partial charge in [-0.15, -0.1) is 0 Å². The molecule has 1 aliphatic rings. The number of rotatable bonds is 34. The number of hydrogen-bond acceptors (Lipinski definition) is 21. The first kappa shape index (κ1) is 76.9. The number of hydrogen-bond donors (Lipinski definition) is 3. The van der Waals surface area contributed by atoms with Crippen molar-refractivity contribution in [3.8, 4) is 0 Å². The maximum Gasteiger partial charge on any atom is 0.323 e. The van der Waals surface area contributed by atoms with Crippen LogP contribution in [0.2, 0.25) is 0 Å². The van der Waals surface area contributed by atoms with E-state index in [1.165, 1.54) is 0 Å². The fraction of sp³-hybridized carbons (Fsp3) is 0.787. The predicted molar refractivity (Wildman–Crippen MR) is 328 cm³/mol. The van der Waals surface area contributed by atoms with E-state index in [2.05, 4.69) is 26.6 Å². The summed E-state index contributed by atoms with van der Waals surface area (Å²) in [6.07, 6.45) is 0.636. The Hall–Kier alpha value is -4.21. The van der Waals surface area contributed by atoms with Crippen LogP contribution in [0.25, 0.3) is 0 Å². The first-order valence-corrected chi connectivity index (χ1v) is 30.7. The Morgan fingerprint density at radius 3 is 1.29 bits per heavy atom. The molecule has 0 aromatic heterocycles. The topological polar surface area (TPSA) is 266 Å². The standard InChI is InChI=1S/C61H106BrN7O16/c1-44-40-45(2)56(46(3)55(44)62)65-51(72)18-16-47(63)49(70)20-30-77-32-34-79-36-38-81-39-37-80-35-33-78-31-21-64-50(71)19-17-48(57(76)85-61(13,14)15)69-28-26-67(42-53(74)83-59(7,8)9)24-22-66(41-52(73)82-58(4,5)6)23-25-68(27-29-69)43-54(75)84-60(10,11)12/h40,47-48H,16-39,41-43,63H2,1-15H3,(H,64,71)(H,65,72)/t47-,48?/m0/s1. The lowest BCUT2D eigenvalue weighted by molar-refractivity contribution is -0.163. The van der Waals surface area contributed by atoms with Crippen LogP contribution in [0.4, 0.5) is 5.69 Å². The molecular weight excluding hydrogens is 1170 g/mol. The number of carbonyl (C=O) groups excluding carboxylic acids is 7. The van der Waals surface area contributed by atoms with E-state index in [1.807, 2.05) is 67.2 Å². The van der Waals surface area contributed by atoms with Gasteiger partial charge in [0, 0.05) is 88.3 Å². The summed E-state index contributed by atoms with van der Waals surface area (Å²) < 4.78 is 51.9. The van der Waals surface area contributed by atoms with Crippen molar-refractivity contribution < 1.29 is 76.2 Å². The Bertz CT molecular complexity index is 2180. The SMILES string of the molecule is Cc1cc(C)c(NC(=O)CC[C@H](N)C(=O)CCOCCOCCOCCOCCOCCNC(=O)CCC(C(=O)OC(C)(C)C)N2CCN(CC(=O)OC(C)(C)C)CCN(CC(=O)OC(C)(C)C)CCN(CC(=O)OC(C)(C)C)CC2)c(C)c1Br. The first-order valence-electron chi connectivity index (χ1n) is 29.9. The summed E-state index contributed by atoms with van der Waals surface area (Å²) in [5.74, 6) is -2.38. The fourth-order valence-corrected chi connectivity index (χ4v) is 9.10. The molecule has 24 heteroatoms. The highest BCUT2D eigenvalue weighted by Gasteiger charge is 2.33. The van der Waals surface area contributed by atoms with Gasteiger partial charge in [-0.1, -0.05) is 22.0 Å². The van der Waals surface area contributed by atoms with Gasteiger partial charge in [0.2, 0.25) is 11.8 Å². The van der Waals surface area contributed by atoms with Crippen molar-refractivity contribution in [1.82, 2.24) is 24.9 Å². The molecule has 2 rings (SSSR count). The Morgan fingerprint density at radius 2 is 0.882 bits per heavy atom. The molecular formula is C61H106BrN7O16. The van der Waals surface area contributed by atoms with Gasteiger partial charge >= 0.3 is 23.9 Å². The molecule has 85 heavy (non-hydrogen) atoms. The Kier molecular flexibility index (Phi) is 35.2. The van der Waals surface area contributed by atoms with Crippen molar-refractivity contribution in [2.75, 3.05) is 150 Å². The molecule has 1 aliphatic heterocycles. The van der Waals surface area contributed by atoms with Crippen LogP contribution in [-0.4, -0.2) is 240 Å². The van der Waals surface area contributed by atoms with Crippen molar-refractivity contribution in [3.05, 3.63) is 27.2 Å². The average molecular weight is 1270 g/mol. The molecule has 1 heterocycles. The van der Waals surface area contributed by atoms with E-state index in [-0.39, 0.29) is 102 Å². The number of benzene rings is 1. The van der Waals surface area contributed by atoms with E-state index in [9.17, 15) is 33.6 Å². The van der Waals surface area contributed by atoms with Gasteiger partial charge in [-0.25, -0.2) is 0 Å². The first-order chi connectivity index (χ1) is 39.6. The monoisotopic (exact) mass is 1270 g/mol. The number of ether oxygens (including phenoxy) is 9. The van der Waals surface area contributed by atoms with Gasteiger partial charge in [-0.3, -0.25) is 53.2 Å². The van der Waals surface area contributed by atoms with Crippen LogP contribution in [-0.2, 0) is 76.2 Å². The lowest BCUT2D eigenvalue weighted by Crippen LogP contribution is -2.53. The minimum absolute atomic E-state index is 0.00221. The molecule has 2 amide bonds. The summed E-state index contributed by atoms with van der Waals surface area (Å²) >= 11 is 3.57. The van der Waals surface area contributed by atoms with Gasteiger partial charge < -0.3 is 59.0 Å². The van der Waals surface area contributed by atoms with Crippen LogP contribution in [0.1, 0.15) is 132 Å². The van der Waals surface area contributed by atoms with E-state index in [0.29, 0.717) is 92.1 Å². The third-order valence-corrected chi connectivity index (χ3v) is 14.0. The zero-order chi connectivity index (χ0) is 64.0. The van der Waals surface area contributed by atoms with E-state index in [1.54, 1.807) is 62.3 Å². The largest absolute Gasteiger partial charge is 0.459 e. The normalized spacial score (nSPS) is 15.7. The number of esters is 4. The zero-order valence-electron chi connectivity index (χ0n) is 54.1. The van der Waals surface area contributed by atoms with Crippen LogP contribution in [0.5, 0.6) is 0 Å². The van der Waals surface area contributed by atoms with Crippen molar-refractivity contribution >= 4 is 63.1 Å². The van der Waals surface area contributed by atoms with Crippen molar-refractivity contribution in [2.45, 2.75) is 170 Å². The highest BCUT2D eigenvalue weighted by atomic mass is 79.9. The minimum atomic E-state index is -0.864. The number of halogens is 1. The van der Waals surface area contributed by atoms with Gasteiger partial charge in [0.25, 0.3) is 0 Å². The van der Waals surface area contributed by atoms with Crippen LogP contribution in [0.15, 0.2) is 10.5 Å². The van der Waals surface area contributed by atoms with Gasteiger partial charge in [0.05, 0.1) is 91.7 Å². The smallest absolute Gasteiger partial charge is 0.323 e. The number of nitrogens with two attached hydrogens (primary N) is 1. The summed E-state index contributed by atoms with van der Waals surface area (Å²) in [7, 11) is 0. The number of anilines is 1. The van der Waals surface area contributed by atoms with Crippen molar-refractivity contribution in [2.24, 2.45) is 5.73 Å². The molecule has 0 bridgehead atoms. The second kappa shape index (κ2) is 38.9. The number of nitrogens with one attached hydrogen (secondary N) is 2. The number of amides is 2. The molecule has 1 aromatic rings. The predicted octanol–water partition coefficient (Wildman–Crippen LogP) is 5.32. The zero-order valence-corrected chi connectivity index (χ0v) is 55.7. The van der Waals surface area contributed by atoms with Crippen molar-refractivity contribution in [1.29, 1.82) is 0 Å². The maximum absolute atomic E-state index is 14.2. The quantitative estimate of drug-likeness (QED) is 0.0448. The van der Waals surface area contributed by atoms with E-state index in [0.717, 1.165) is 26.9 Å². The molecule has 1 saturated heterocycles. The summed E-state index contributed by atoms with van der Waals surface area (Å²) in [4.78, 5) is 100. The molecule has 4 N–H and O–H groups in total. The van der Waals surface area contributed by atoms with E-state index < -0.39 is 58.4 Å². The summed E-state index contributed by atoms with van der Waals surface area (Å²) in [5.41, 5.74) is 6.88. The molecule has 1 fully saturated rings. The molecule has 0 radical (unpaired) electrons. The van der Waals surface area contributed by atoms with Gasteiger partial charge in [-0.05, 0) is 133 Å². The van der Waals surface area contributed by atoms with Crippen molar-refractivity contribution in [3.63, 3.8) is 0 Å². The van der Waals surface area contributed by atoms with Crippen LogP contribution < -0.4 is 16.4 Å². The Labute approximate surface area is 515 Å². The molecule has 0 aliphatic carbocycles. The Morgan fingerprint density at radius 1 is 0.506 bits per heavy atom. The number of carbonyl (C=O) groups is 7. The molecule has 2 atom stereocenters. The van der Waals surface area contributed by atoms with Crippen LogP contribution in [0.3, 0.4) is 0 Å². The number of ketones is 1. The molecule has 1 unspecified atom stereocenters. The molecule has 0 saturated carbocycles. The summed E-state index contributed by atoms with van der Waals surface area (Å²) in [6, 6.07) is 0.383. The highest BCUT2D eigenvalue weighted by Crippen LogP contribution is 2.31. The van der Waals surface area contributed by atoms with Crippen LogP contribution >= 0.6 is 15.9 Å². The maximum atomic E-state index is 14.2. The summed E-state index contributed by atoms with van der Waals surface area (Å²) in [6.45, 7) is 33.5. The van der Waals surface area contributed by atoms with Crippen LogP contribution in [0, 0.1) is 20.8 Å². The third kappa shape index (κ3) is 36.6. The van der Waals surface area contributed by atoms with Gasteiger partial charge in [-0.2, -0.15) is 0 Å². The van der Waals surface area contributed by atoms with Gasteiger partial charge in [0.15, 0.2) is 5.78 Å². The highest BCUT2D eigenvalue weighted by molar-refractivity contribution is 9.10. The molecule has 0 spiro atoms. The lowest BCUT2D eigenvalue weighted by Gasteiger charge is -2.37. The summed E-state index contributed by atoms with van der Waals surface area (Å²) in [5, 5.41) is 5.83.